The highest BCUT2D eigenvalue weighted by Gasteiger charge is 2.26. The summed E-state index contributed by atoms with van der Waals surface area (Å²) in [4.78, 5) is 14.0. The second kappa shape index (κ2) is 8.00. The third kappa shape index (κ3) is 4.72. The number of ether oxygens (including phenoxy) is 2. The van der Waals surface area contributed by atoms with Crippen LogP contribution in [0.4, 0.5) is 0 Å². The molecule has 5 nitrogen and oxygen atoms in total. The van der Waals surface area contributed by atoms with E-state index in [9.17, 15) is 4.79 Å². The predicted molar refractivity (Wildman–Crippen MR) is 81.1 cm³/mol. The first-order chi connectivity index (χ1) is 10.2. The van der Waals surface area contributed by atoms with Gasteiger partial charge in [-0.05, 0) is 18.6 Å². The third-order valence-corrected chi connectivity index (χ3v) is 3.75. The van der Waals surface area contributed by atoms with Crippen molar-refractivity contribution in [2.45, 2.75) is 31.4 Å². The monoisotopic (exact) mass is 292 g/mol. The molecule has 1 aromatic rings. The van der Waals surface area contributed by atoms with Crippen LogP contribution in [0.25, 0.3) is 0 Å². The van der Waals surface area contributed by atoms with Gasteiger partial charge in [0.05, 0.1) is 6.04 Å². The fourth-order valence-corrected chi connectivity index (χ4v) is 2.49. The molecular weight excluding hydrogens is 268 g/mol. The maximum Gasteiger partial charge on any atom is 0.239 e. The molecule has 1 atom stereocenters. The zero-order valence-corrected chi connectivity index (χ0v) is 12.5. The van der Waals surface area contributed by atoms with Crippen LogP contribution < -0.4 is 10.5 Å². The molecule has 1 fully saturated rings. The van der Waals surface area contributed by atoms with E-state index < -0.39 is 6.04 Å². The Bertz CT molecular complexity index is 430. The molecule has 1 heterocycles. The van der Waals surface area contributed by atoms with Crippen LogP contribution >= 0.6 is 0 Å². The van der Waals surface area contributed by atoms with E-state index in [1.165, 1.54) is 0 Å². The number of likely N-dealkylation sites (tertiary alicyclic amines) is 1. The summed E-state index contributed by atoms with van der Waals surface area (Å²) in [5.41, 5.74) is 5.89. The highest BCUT2D eigenvalue weighted by Crippen LogP contribution is 2.19. The van der Waals surface area contributed by atoms with Crippen LogP contribution in [0, 0.1) is 0 Å². The minimum atomic E-state index is -0.462. The minimum absolute atomic E-state index is 0.0187. The number of para-hydroxylation sites is 1. The Kier molecular flexibility index (Phi) is 6.02. The number of nitrogens with two attached hydrogens (primary N) is 1. The minimum Gasteiger partial charge on any atom is -0.490 e. The highest BCUT2D eigenvalue weighted by atomic mass is 16.5. The molecule has 0 spiro atoms. The van der Waals surface area contributed by atoms with Gasteiger partial charge in [-0.3, -0.25) is 4.79 Å². The van der Waals surface area contributed by atoms with Crippen molar-refractivity contribution in [3.05, 3.63) is 30.3 Å². The smallest absolute Gasteiger partial charge is 0.239 e. The fourth-order valence-electron chi connectivity index (χ4n) is 2.49. The molecular formula is C16H24N2O3. The molecule has 1 saturated heterocycles. The van der Waals surface area contributed by atoms with E-state index in [0.29, 0.717) is 26.1 Å². The summed E-state index contributed by atoms with van der Waals surface area (Å²) in [6.45, 7) is 1.93. The molecule has 0 aromatic heterocycles. The number of nitrogens with zero attached hydrogens (tertiary/aromatic N) is 1. The van der Waals surface area contributed by atoms with Crippen molar-refractivity contribution >= 4 is 5.91 Å². The molecule has 0 aliphatic carbocycles. The van der Waals surface area contributed by atoms with Gasteiger partial charge >= 0.3 is 0 Å². The molecule has 5 heteroatoms. The second-order valence-electron chi connectivity index (χ2n) is 5.34. The Hall–Kier alpha value is -1.59. The molecule has 1 unspecified atom stereocenters. The normalized spacial score (nSPS) is 17.5. The molecule has 0 saturated carbocycles. The van der Waals surface area contributed by atoms with Gasteiger partial charge in [0.2, 0.25) is 5.91 Å². The average molecular weight is 292 g/mol. The Morgan fingerprint density at radius 2 is 2.00 bits per heavy atom. The van der Waals surface area contributed by atoms with Gasteiger partial charge in [-0.2, -0.15) is 0 Å². The number of hydrogen-bond donors (Lipinski definition) is 1. The van der Waals surface area contributed by atoms with Crippen molar-refractivity contribution in [1.29, 1.82) is 0 Å². The predicted octanol–water partition coefficient (Wildman–Crippen LogP) is 1.42. The molecule has 0 radical (unpaired) electrons. The Morgan fingerprint density at radius 1 is 1.33 bits per heavy atom. The lowest BCUT2D eigenvalue weighted by Gasteiger charge is -2.33. The van der Waals surface area contributed by atoms with Gasteiger partial charge in [0, 0.05) is 39.6 Å². The lowest BCUT2D eigenvalue weighted by molar-refractivity contribution is -0.134. The van der Waals surface area contributed by atoms with Crippen molar-refractivity contribution in [2.24, 2.45) is 5.73 Å². The van der Waals surface area contributed by atoms with E-state index in [1.807, 2.05) is 35.2 Å². The standard InChI is InChI=1S/C16H24N2O3/c1-20-12-9-15(17)16(19)18-10-7-14(8-11-18)21-13-5-3-2-4-6-13/h2-6,14-15H,7-12,17H2,1H3. The second-order valence-corrected chi connectivity index (χ2v) is 5.34. The summed E-state index contributed by atoms with van der Waals surface area (Å²) in [5, 5.41) is 0. The summed E-state index contributed by atoms with van der Waals surface area (Å²) in [5.74, 6) is 0.907. The lowest BCUT2D eigenvalue weighted by atomic mass is 10.1. The highest BCUT2D eigenvalue weighted by molar-refractivity contribution is 5.81. The van der Waals surface area contributed by atoms with E-state index >= 15 is 0 Å². The molecule has 1 aromatic carbocycles. The zero-order chi connectivity index (χ0) is 15.1. The molecule has 0 bridgehead atoms. The lowest BCUT2D eigenvalue weighted by Crippen LogP contribution is -2.49. The average Bonchev–Trinajstić information content (AvgIpc) is 2.53. The third-order valence-electron chi connectivity index (χ3n) is 3.75. The number of amides is 1. The number of carbonyl (C=O) groups excluding carboxylic acids is 1. The number of piperidine rings is 1. The van der Waals surface area contributed by atoms with Gasteiger partial charge in [-0.15, -0.1) is 0 Å². The molecule has 2 rings (SSSR count). The van der Waals surface area contributed by atoms with Crippen molar-refractivity contribution in [3.8, 4) is 5.75 Å². The van der Waals surface area contributed by atoms with Gasteiger partial charge in [0.1, 0.15) is 11.9 Å². The number of methoxy groups -OCH3 is 1. The van der Waals surface area contributed by atoms with Crippen LogP contribution in [0.15, 0.2) is 30.3 Å². The number of hydrogen-bond acceptors (Lipinski definition) is 4. The molecule has 1 aliphatic rings. The number of carbonyl (C=O) groups is 1. The first kappa shape index (κ1) is 15.8. The quantitative estimate of drug-likeness (QED) is 0.861. The Balaban J connectivity index is 1.76. The Morgan fingerprint density at radius 3 is 2.62 bits per heavy atom. The zero-order valence-electron chi connectivity index (χ0n) is 12.5. The van der Waals surface area contributed by atoms with Gasteiger partial charge in [0.25, 0.3) is 0 Å². The molecule has 2 N–H and O–H groups in total. The van der Waals surface area contributed by atoms with Gasteiger partial charge in [-0.25, -0.2) is 0 Å². The van der Waals surface area contributed by atoms with Crippen LogP contribution in [0.1, 0.15) is 19.3 Å². The number of benzene rings is 1. The summed E-state index contributed by atoms with van der Waals surface area (Å²) in [7, 11) is 1.61. The van der Waals surface area contributed by atoms with Crippen molar-refractivity contribution in [1.82, 2.24) is 4.90 Å². The van der Waals surface area contributed by atoms with Crippen LogP contribution in [0.3, 0.4) is 0 Å². The van der Waals surface area contributed by atoms with E-state index in [4.69, 9.17) is 15.2 Å². The van der Waals surface area contributed by atoms with E-state index in [0.717, 1.165) is 18.6 Å². The summed E-state index contributed by atoms with van der Waals surface area (Å²) in [6, 6.07) is 9.34. The first-order valence-corrected chi connectivity index (χ1v) is 7.45. The maximum absolute atomic E-state index is 12.2. The molecule has 1 amide bonds. The Labute approximate surface area is 126 Å². The van der Waals surface area contributed by atoms with E-state index in [1.54, 1.807) is 7.11 Å². The van der Waals surface area contributed by atoms with Gasteiger partial charge in [0.15, 0.2) is 0 Å². The number of rotatable bonds is 6. The van der Waals surface area contributed by atoms with Crippen molar-refractivity contribution in [3.63, 3.8) is 0 Å². The largest absolute Gasteiger partial charge is 0.490 e. The fraction of sp³-hybridized carbons (Fsp3) is 0.562. The van der Waals surface area contributed by atoms with Crippen LogP contribution in [-0.4, -0.2) is 49.8 Å². The van der Waals surface area contributed by atoms with Gasteiger partial charge < -0.3 is 20.1 Å². The molecule has 116 valence electrons. The topological polar surface area (TPSA) is 64.8 Å². The van der Waals surface area contributed by atoms with E-state index in [-0.39, 0.29) is 12.0 Å². The van der Waals surface area contributed by atoms with Crippen LogP contribution in [0.5, 0.6) is 5.75 Å². The summed E-state index contributed by atoms with van der Waals surface area (Å²) < 4.78 is 10.9. The van der Waals surface area contributed by atoms with Crippen molar-refractivity contribution < 1.29 is 14.3 Å². The summed E-state index contributed by atoms with van der Waals surface area (Å²) in [6.07, 6.45) is 2.43. The molecule has 1 aliphatic heterocycles. The van der Waals surface area contributed by atoms with Crippen LogP contribution in [0.2, 0.25) is 0 Å². The van der Waals surface area contributed by atoms with E-state index in [2.05, 4.69) is 0 Å². The first-order valence-electron chi connectivity index (χ1n) is 7.45. The van der Waals surface area contributed by atoms with Crippen LogP contribution in [-0.2, 0) is 9.53 Å². The molecule has 21 heavy (non-hydrogen) atoms. The SMILES string of the molecule is COCCC(N)C(=O)N1CCC(Oc2ccccc2)CC1. The summed E-state index contributed by atoms with van der Waals surface area (Å²) >= 11 is 0. The maximum atomic E-state index is 12.2. The van der Waals surface area contributed by atoms with Crippen molar-refractivity contribution in [2.75, 3.05) is 26.8 Å². The van der Waals surface area contributed by atoms with Gasteiger partial charge in [-0.1, -0.05) is 18.2 Å².